The van der Waals surface area contributed by atoms with E-state index < -0.39 is 6.36 Å². The number of hydrogen-bond acceptors (Lipinski definition) is 8. The molecule has 1 atom stereocenters. The van der Waals surface area contributed by atoms with E-state index in [2.05, 4.69) is 20.4 Å². The van der Waals surface area contributed by atoms with E-state index in [0.29, 0.717) is 42.5 Å². The Labute approximate surface area is 195 Å². The van der Waals surface area contributed by atoms with E-state index in [1.54, 1.807) is 36.1 Å². The summed E-state index contributed by atoms with van der Waals surface area (Å²) in [7, 11) is 0. The maximum absolute atomic E-state index is 13.4. The molecule has 178 valence electrons. The maximum Gasteiger partial charge on any atom is 0.273 e. The quantitative estimate of drug-likeness (QED) is 0.350. The lowest BCUT2D eigenvalue weighted by Crippen LogP contribution is -2.26. The third-order valence-electron chi connectivity index (χ3n) is 4.39. The van der Waals surface area contributed by atoms with Gasteiger partial charge in [-0.05, 0) is 31.5 Å². The SMILES string of the molecule is CCOCC([18F])OCCOc1ccc(-c2ocnc2C(=O)NCCCn2cncn2)cc1Cl. The molecule has 10 nitrogen and oxygen atoms in total. The Morgan fingerprint density at radius 1 is 1.36 bits per heavy atom. The lowest BCUT2D eigenvalue weighted by atomic mass is 10.1. The number of amides is 1. The second kappa shape index (κ2) is 12.9. The lowest BCUT2D eigenvalue weighted by Gasteiger charge is -2.12. The standard InChI is InChI=1S/C21H25ClFN5O5/c1-2-30-11-18(23)32-9-8-31-17-5-4-15(10-16(17)22)20-19(26-14-33-20)21(29)25-6-3-7-28-13-24-12-27-28/h4-5,10,12-14,18H,2-3,6-9,11H2,1H3,(H,25,29)/i23-1. The normalized spacial score (nSPS) is 12.0. The number of benzene rings is 1. The Hall–Kier alpha value is -3.02. The molecule has 1 unspecified atom stereocenters. The van der Waals surface area contributed by atoms with Crippen molar-refractivity contribution in [2.24, 2.45) is 0 Å². The van der Waals surface area contributed by atoms with Crippen molar-refractivity contribution in [1.82, 2.24) is 25.1 Å². The summed E-state index contributed by atoms with van der Waals surface area (Å²) in [5.74, 6) is 0.318. The van der Waals surface area contributed by atoms with Crippen LogP contribution in [0.2, 0.25) is 5.02 Å². The Morgan fingerprint density at radius 3 is 3.00 bits per heavy atom. The van der Waals surface area contributed by atoms with Crippen LogP contribution in [0.4, 0.5) is 4.39 Å². The van der Waals surface area contributed by atoms with Gasteiger partial charge in [0.25, 0.3) is 5.91 Å². The van der Waals surface area contributed by atoms with Gasteiger partial charge >= 0.3 is 0 Å². The number of halogens is 2. The molecule has 0 aliphatic rings. The Morgan fingerprint density at radius 2 is 2.24 bits per heavy atom. The van der Waals surface area contributed by atoms with E-state index in [0.717, 1.165) is 0 Å². The molecule has 2 heterocycles. The van der Waals surface area contributed by atoms with Gasteiger partial charge in [0, 0.05) is 25.3 Å². The predicted octanol–water partition coefficient (Wildman–Crippen LogP) is 3.13. The van der Waals surface area contributed by atoms with Crippen molar-refractivity contribution in [2.45, 2.75) is 26.2 Å². The summed E-state index contributed by atoms with van der Waals surface area (Å²) in [6, 6.07) is 4.93. The summed E-state index contributed by atoms with van der Waals surface area (Å²) >= 11 is 6.30. The van der Waals surface area contributed by atoms with Gasteiger partial charge in [-0.2, -0.15) is 5.10 Å². The fourth-order valence-corrected chi connectivity index (χ4v) is 3.07. The molecule has 0 aliphatic carbocycles. The van der Waals surface area contributed by atoms with Crippen LogP contribution >= 0.6 is 11.6 Å². The first-order valence-corrected chi connectivity index (χ1v) is 10.8. The zero-order valence-electron chi connectivity index (χ0n) is 18.1. The minimum Gasteiger partial charge on any atom is -0.490 e. The summed E-state index contributed by atoms with van der Waals surface area (Å²) in [6.45, 7) is 3.28. The average Bonchev–Trinajstić information content (AvgIpc) is 3.51. The number of carbonyl (C=O) groups excluding carboxylic acids is 1. The Kier molecular flexibility index (Phi) is 9.60. The molecule has 3 rings (SSSR count). The molecule has 1 N–H and O–H groups in total. The van der Waals surface area contributed by atoms with Gasteiger partial charge in [-0.3, -0.25) is 9.48 Å². The van der Waals surface area contributed by atoms with E-state index in [-0.39, 0.29) is 37.2 Å². The van der Waals surface area contributed by atoms with E-state index in [4.69, 9.17) is 30.2 Å². The first-order chi connectivity index (χ1) is 16.1. The average molecular weight is 481 g/mol. The first-order valence-electron chi connectivity index (χ1n) is 10.4. The number of ether oxygens (including phenoxy) is 3. The molecule has 0 radical (unpaired) electrons. The highest BCUT2D eigenvalue weighted by Crippen LogP contribution is 2.32. The second-order valence-corrected chi connectivity index (χ2v) is 7.14. The van der Waals surface area contributed by atoms with Gasteiger partial charge in [0.2, 0.25) is 6.36 Å². The zero-order chi connectivity index (χ0) is 23.5. The van der Waals surface area contributed by atoms with Crippen LogP contribution in [0.25, 0.3) is 11.3 Å². The highest BCUT2D eigenvalue weighted by atomic mass is 35.5. The minimum absolute atomic E-state index is 0.0374. The van der Waals surface area contributed by atoms with Crippen LogP contribution in [0.15, 0.2) is 41.7 Å². The van der Waals surface area contributed by atoms with Crippen molar-refractivity contribution in [3.05, 3.63) is 48.0 Å². The molecule has 33 heavy (non-hydrogen) atoms. The summed E-state index contributed by atoms with van der Waals surface area (Å²) in [5.41, 5.74) is 0.714. The van der Waals surface area contributed by atoms with E-state index in [1.165, 1.54) is 12.7 Å². The van der Waals surface area contributed by atoms with Crippen molar-refractivity contribution in [3.63, 3.8) is 0 Å². The van der Waals surface area contributed by atoms with Crippen molar-refractivity contribution in [1.29, 1.82) is 0 Å². The molecule has 0 aliphatic heterocycles. The molecule has 0 spiro atoms. The maximum atomic E-state index is 13.4. The molecule has 3 aromatic rings. The monoisotopic (exact) mass is 480 g/mol. The number of aryl methyl sites for hydroxylation is 1. The van der Waals surface area contributed by atoms with Crippen LogP contribution in [-0.2, 0) is 16.0 Å². The van der Waals surface area contributed by atoms with Crippen LogP contribution < -0.4 is 10.1 Å². The van der Waals surface area contributed by atoms with Crippen molar-refractivity contribution in [2.75, 3.05) is 33.0 Å². The fraction of sp³-hybridized carbons (Fsp3) is 0.429. The van der Waals surface area contributed by atoms with Gasteiger partial charge in [0.15, 0.2) is 17.8 Å². The number of alkyl halides is 1. The largest absolute Gasteiger partial charge is 0.490 e. The van der Waals surface area contributed by atoms with Gasteiger partial charge in [0.05, 0.1) is 11.6 Å². The van der Waals surface area contributed by atoms with Crippen LogP contribution in [0.5, 0.6) is 5.75 Å². The molecular weight excluding hydrogens is 456 g/mol. The topological polar surface area (TPSA) is 114 Å². The minimum atomic E-state index is -1.51. The molecule has 1 amide bonds. The summed E-state index contributed by atoms with van der Waals surface area (Å²) < 4.78 is 35.9. The summed E-state index contributed by atoms with van der Waals surface area (Å²) in [4.78, 5) is 20.4. The molecule has 0 saturated heterocycles. The number of nitrogens with zero attached hydrogens (tertiary/aromatic N) is 4. The van der Waals surface area contributed by atoms with Crippen LogP contribution in [0.3, 0.4) is 0 Å². The zero-order valence-corrected chi connectivity index (χ0v) is 18.8. The highest BCUT2D eigenvalue weighted by Gasteiger charge is 2.19. The number of nitrogens with one attached hydrogen (secondary N) is 1. The number of rotatable bonds is 14. The van der Waals surface area contributed by atoms with Crippen molar-refractivity contribution >= 4 is 17.5 Å². The fourth-order valence-electron chi connectivity index (χ4n) is 2.83. The Balaban J connectivity index is 1.50. The van der Waals surface area contributed by atoms with Crippen LogP contribution in [-0.4, -0.2) is 65.0 Å². The second-order valence-electron chi connectivity index (χ2n) is 6.73. The molecular formula is C21H25ClFN5O5. The molecule has 0 saturated carbocycles. The van der Waals surface area contributed by atoms with Gasteiger partial charge in [-0.15, -0.1) is 0 Å². The Bertz CT molecular complexity index is 1000. The first kappa shape index (κ1) is 24.6. The number of oxazole rings is 1. The molecule has 2 aromatic heterocycles. The number of aromatic nitrogens is 4. The highest BCUT2D eigenvalue weighted by molar-refractivity contribution is 6.32. The van der Waals surface area contributed by atoms with E-state index >= 15 is 0 Å². The summed E-state index contributed by atoms with van der Waals surface area (Å²) in [6.07, 6.45) is 3.44. The van der Waals surface area contributed by atoms with Gasteiger partial charge in [-0.1, -0.05) is 11.6 Å². The number of hydrogen-bond donors (Lipinski definition) is 1. The third-order valence-corrected chi connectivity index (χ3v) is 4.68. The van der Waals surface area contributed by atoms with Crippen LogP contribution in [0.1, 0.15) is 23.8 Å². The van der Waals surface area contributed by atoms with Gasteiger partial charge < -0.3 is 23.9 Å². The van der Waals surface area contributed by atoms with E-state index in [1.807, 2.05) is 0 Å². The lowest BCUT2D eigenvalue weighted by molar-refractivity contribution is -0.0918. The third kappa shape index (κ3) is 7.52. The van der Waals surface area contributed by atoms with Crippen LogP contribution in [0, 0.1) is 0 Å². The molecule has 12 heteroatoms. The number of carbonyl (C=O) groups is 1. The predicted molar refractivity (Wildman–Crippen MR) is 117 cm³/mol. The van der Waals surface area contributed by atoms with Crippen molar-refractivity contribution < 1.29 is 27.8 Å². The van der Waals surface area contributed by atoms with Gasteiger partial charge in [0.1, 0.15) is 31.6 Å². The molecule has 0 fully saturated rings. The molecule has 1 aromatic carbocycles. The van der Waals surface area contributed by atoms with Crippen molar-refractivity contribution in [3.8, 4) is 17.1 Å². The van der Waals surface area contributed by atoms with Gasteiger partial charge in [-0.25, -0.2) is 14.4 Å². The smallest absolute Gasteiger partial charge is 0.273 e. The van der Waals surface area contributed by atoms with E-state index in [9.17, 15) is 9.18 Å². The molecule has 0 bridgehead atoms. The summed E-state index contributed by atoms with van der Waals surface area (Å²) in [5, 5.41) is 7.11.